The minimum atomic E-state index is -0.192. The monoisotopic (exact) mass is 336 g/mol. The van der Waals surface area contributed by atoms with E-state index in [0.717, 1.165) is 31.3 Å². The Morgan fingerprint density at radius 1 is 1.12 bits per heavy atom. The molecule has 0 saturated heterocycles. The number of carbonyl (C=O) groups excluding carboxylic acids is 2. The number of carbonyl (C=O) groups is 2. The lowest BCUT2D eigenvalue weighted by Crippen LogP contribution is -2.40. The quantitative estimate of drug-likeness (QED) is 0.467. The molecule has 0 aliphatic heterocycles. The van der Waals surface area contributed by atoms with Crippen molar-refractivity contribution in [3.8, 4) is 0 Å². The topological polar surface area (TPSA) is 43.4 Å². The molecule has 2 aliphatic carbocycles. The first kappa shape index (κ1) is 20.9. The SMILES string of the molecule is CCCCCCC.CCOC(=O)C1C(C)=CC(=O)CC12CCCC2. The number of ketones is 1. The van der Waals surface area contributed by atoms with E-state index in [1.807, 2.05) is 13.8 Å². The molecule has 138 valence electrons. The molecule has 24 heavy (non-hydrogen) atoms. The summed E-state index contributed by atoms with van der Waals surface area (Å²) in [7, 11) is 0. The van der Waals surface area contributed by atoms with E-state index in [1.54, 1.807) is 6.08 Å². The minimum Gasteiger partial charge on any atom is -0.466 e. The second-order valence-electron chi connectivity index (χ2n) is 7.35. The molecule has 2 rings (SSSR count). The van der Waals surface area contributed by atoms with Crippen LogP contribution in [0, 0.1) is 11.3 Å². The van der Waals surface area contributed by atoms with Crippen LogP contribution in [0.5, 0.6) is 0 Å². The molecular formula is C21H36O3. The molecule has 1 fully saturated rings. The van der Waals surface area contributed by atoms with Crippen LogP contribution in [0.4, 0.5) is 0 Å². The second-order valence-corrected chi connectivity index (χ2v) is 7.35. The molecule has 2 aliphatic rings. The number of hydrogen-bond donors (Lipinski definition) is 0. The molecular weight excluding hydrogens is 300 g/mol. The normalized spacial score (nSPS) is 21.9. The van der Waals surface area contributed by atoms with Crippen LogP contribution in [0.15, 0.2) is 11.6 Å². The van der Waals surface area contributed by atoms with Crippen LogP contribution in [0.1, 0.15) is 91.9 Å². The molecule has 1 spiro atoms. The van der Waals surface area contributed by atoms with Crippen molar-refractivity contribution in [3.63, 3.8) is 0 Å². The van der Waals surface area contributed by atoms with Crippen LogP contribution in [0.25, 0.3) is 0 Å². The highest BCUT2D eigenvalue weighted by molar-refractivity contribution is 5.95. The number of unbranched alkanes of at least 4 members (excludes halogenated alkanes) is 4. The van der Waals surface area contributed by atoms with Gasteiger partial charge in [0, 0.05) is 6.42 Å². The smallest absolute Gasteiger partial charge is 0.313 e. The van der Waals surface area contributed by atoms with Crippen LogP contribution in [-0.4, -0.2) is 18.4 Å². The van der Waals surface area contributed by atoms with E-state index in [-0.39, 0.29) is 23.1 Å². The summed E-state index contributed by atoms with van der Waals surface area (Å²) in [4.78, 5) is 23.8. The van der Waals surface area contributed by atoms with E-state index >= 15 is 0 Å². The first-order valence-corrected chi connectivity index (χ1v) is 9.88. The van der Waals surface area contributed by atoms with Gasteiger partial charge in [0.2, 0.25) is 0 Å². The predicted octanol–water partition coefficient (Wildman–Crippen LogP) is 5.62. The van der Waals surface area contributed by atoms with Gasteiger partial charge >= 0.3 is 5.97 Å². The second kappa shape index (κ2) is 10.7. The molecule has 1 atom stereocenters. The number of allylic oxidation sites excluding steroid dienone is 1. The van der Waals surface area contributed by atoms with Crippen molar-refractivity contribution in [2.24, 2.45) is 11.3 Å². The lowest BCUT2D eigenvalue weighted by atomic mass is 9.64. The van der Waals surface area contributed by atoms with E-state index in [2.05, 4.69) is 13.8 Å². The molecule has 3 nitrogen and oxygen atoms in total. The fourth-order valence-corrected chi connectivity index (χ4v) is 4.20. The fourth-order valence-electron chi connectivity index (χ4n) is 4.20. The van der Waals surface area contributed by atoms with Crippen molar-refractivity contribution < 1.29 is 14.3 Å². The summed E-state index contributed by atoms with van der Waals surface area (Å²) in [5.74, 6) is -0.164. The van der Waals surface area contributed by atoms with Gasteiger partial charge in [-0.15, -0.1) is 0 Å². The summed E-state index contributed by atoms with van der Waals surface area (Å²) in [6, 6.07) is 0. The Bertz CT molecular complexity index is 426. The Morgan fingerprint density at radius 2 is 1.71 bits per heavy atom. The average Bonchev–Trinajstić information content (AvgIpc) is 2.96. The molecule has 3 heteroatoms. The summed E-state index contributed by atoms with van der Waals surface area (Å²) in [6.45, 7) is 8.61. The van der Waals surface area contributed by atoms with E-state index in [9.17, 15) is 9.59 Å². The summed E-state index contributed by atoms with van der Waals surface area (Å²) in [5.41, 5.74) is 0.754. The summed E-state index contributed by atoms with van der Waals surface area (Å²) >= 11 is 0. The molecule has 0 bridgehead atoms. The molecule has 0 aromatic heterocycles. The Balaban J connectivity index is 0.000000351. The third-order valence-electron chi connectivity index (χ3n) is 5.31. The first-order valence-electron chi connectivity index (χ1n) is 9.88. The van der Waals surface area contributed by atoms with Gasteiger partial charge in [0.15, 0.2) is 5.78 Å². The highest BCUT2D eigenvalue weighted by Crippen LogP contribution is 2.52. The zero-order valence-corrected chi connectivity index (χ0v) is 16.2. The number of esters is 1. The average molecular weight is 337 g/mol. The van der Waals surface area contributed by atoms with Gasteiger partial charge in [0.05, 0.1) is 12.5 Å². The van der Waals surface area contributed by atoms with Gasteiger partial charge in [0.25, 0.3) is 0 Å². The largest absolute Gasteiger partial charge is 0.466 e. The van der Waals surface area contributed by atoms with Crippen molar-refractivity contribution in [2.45, 2.75) is 91.9 Å². The van der Waals surface area contributed by atoms with Gasteiger partial charge in [-0.1, -0.05) is 64.4 Å². The van der Waals surface area contributed by atoms with E-state index < -0.39 is 0 Å². The van der Waals surface area contributed by atoms with E-state index in [0.29, 0.717) is 13.0 Å². The van der Waals surface area contributed by atoms with Gasteiger partial charge in [-0.3, -0.25) is 9.59 Å². The summed E-state index contributed by atoms with van der Waals surface area (Å²) < 4.78 is 5.18. The number of hydrogen-bond acceptors (Lipinski definition) is 3. The molecule has 1 saturated carbocycles. The van der Waals surface area contributed by atoms with E-state index in [4.69, 9.17) is 4.74 Å². The van der Waals surface area contributed by atoms with Crippen LogP contribution >= 0.6 is 0 Å². The Morgan fingerprint density at radius 3 is 2.21 bits per heavy atom. The molecule has 0 heterocycles. The van der Waals surface area contributed by atoms with Crippen LogP contribution in [0.2, 0.25) is 0 Å². The van der Waals surface area contributed by atoms with Crippen molar-refractivity contribution in [1.29, 1.82) is 0 Å². The zero-order valence-electron chi connectivity index (χ0n) is 16.2. The third kappa shape index (κ3) is 5.75. The first-order chi connectivity index (χ1) is 11.5. The van der Waals surface area contributed by atoms with Crippen LogP contribution in [0.3, 0.4) is 0 Å². The van der Waals surface area contributed by atoms with Gasteiger partial charge in [0.1, 0.15) is 0 Å². The van der Waals surface area contributed by atoms with Crippen LogP contribution in [-0.2, 0) is 14.3 Å². The maximum Gasteiger partial charge on any atom is 0.313 e. The molecule has 0 aromatic rings. The standard InChI is InChI=1S/C14H20O3.C7H16/c1-3-17-13(16)12-10(2)8-11(15)9-14(12)6-4-5-7-14;1-3-5-7-6-4-2/h8,12H,3-7,9H2,1-2H3;3-7H2,1-2H3. The van der Waals surface area contributed by atoms with Gasteiger partial charge in [-0.2, -0.15) is 0 Å². The van der Waals surface area contributed by atoms with Crippen LogP contribution < -0.4 is 0 Å². The number of ether oxygens (including phenoxy) is 1. The third-order valence-corrected chi connectivity index (χ3v) is 5.31. The van der Waals surface area contributed by atoms with Crippen molar-refractivity contribution >= 4 is 11.8 Å². The van der Waals surface area contributed by atoms with Gasteiger partial charge in [-0.05, 0) is 38.2 Å². The van der Waals surface area contributed by atoms with Crippen molar-refractivity contribution in [1.82, 2.24) is 0 Å². The highest BCUT2D eigenvalue weighted by Gasteiger charge is 2.49. The zero-order chi connectivity index (χ0) is 18.0. The van der Waals surface area contributed by atoms with E-state index in [1.165, 1.54) is 32.1 Å². The van der Waals surface area contributed by atoms with Gasteiger partial charge < -0.3 is 4.74 Å². The van der Waals surface area contributed by atoms with Gasteiger partial charge in [-0.25, -0.2) is 0 Å². The number of rotatable bonds is 6. The Kier molecular flexibility index (Phi) is 9.31. The highest BCUT2D eigenvalue weighted by atomic mass is 16.5. The minimum absolute atomic E-state index is 0.137. The molecule has 0 N–H and O–H groups in total. The Hall–Kier alpha value is -1.12. The molecule has 0 aromatic carbocycles. The van der Waals surface area contributed by atoms with Crippen molar-refractivity contribution in [3.05, 3.63) is 11.6 Å². The Labute approximate surface area is 148 Å². The predicted molar refractivity (Wildman–Crippen MR) is 98.8 cm³/mol. The van der Waals surface area contributed by atoms with Crippen molar-refractivity contribution in [2.75, 3.05) is 6.61 Å². The summed E-state index contributed by atoms with van der Waals surface area (Å²) in [6.07, 6.45) is 13.4. The molecule has 1 unspecified atom stereocenters. The fraction of sp³-hybridized carbons (Fsp3) is 0.810. The summed E-state index contributed by atoms with van der Waals surface area (Å²) in [5, 5.41) is 0. The molecule has 0 amide bonds. The lowest BCUT2D eigenvalue weighted by Gasteiger charge is -2.38. The maximum absolute atomic E-state index is 12.1. The maximum atomic E-state index is 12.1. The lowest BCUT2D eigenvalue weighted by molar-refractivity contribution is -0.152. The molecule has 0 radical (unpaired) electrons.